The molecule has 1 saturated heterocycles. The maximum atomic E-state index is 13.1. The highest BCUT2D eigenvalue weighted by Gasteiger charge is 2.36. The van der Waals surface area contributed by atoms with Crippen LogP contribution in [0.25, 0.3) is 22.3 Å². The molecule has 9 heteroatoms. The van der Waals surface area contributed by atoms with Gasteiger partial charge in [-0.2, -0.15) is 5.10 Å². The highest BCUT2D eigenvalue weighted by molar-refractivity contribution is 5.89. The Morgan fingerprint density at radius 3 is 2.44 bits per heavy atom. The molecular formula is C23H29N5O4. The maximum absolute atomic E-state index is 13.1. The lowest BCUT2D eigenvalue weighted by atomic mass is 9.91. The molecule has 3 heterocycles. The zero-order valence-electron chi connectivity index (χ0n) is 18.9. The van der Waals surface area contributed by atoms with E-state index < -0.39 is 11.2 Å². The van der Waals surface area contributed by atoms with Crippen LogP contribution in [-0.4, -0.2) is 59.7 Å². The second-order valence-corrected chi connectivity index (χ2v) is 9.40. The molecule has 0 saturated carbocycles. The van der Waals surface area contributed by atoms with Crippen molar-refractivity contribution in [3.63, 3.8) is 0 Å². The van der Waals surface area contributed by atoms with Gasteiger partial charge in [-0.25, -0.2) is 9.78 Å². The van der Waals surface area contributed by atoms with E-state index >= 15 is 0 Å². The van der Waals surface area contributed by atoms with Crippen LogP contribution < -0.4 is 5.56 Å². The van der Waals surface area contributed by atoms with Crippen molar-refractivity contribution in [1.29, 1.82) is 0 Å². The summed E-state index contributed by atoms with van der Waals surface area (Å²) >= 11 is 0. The Labute approximate surface area is 186 Å². The molecule has 4 rings (SSSR count). The van der Waals surface area contributed by atoms with E-state index in [1.165, 1.54) is 10.9 Å². The third-order valence-corrected chi connectivity index (χ3v) is 5.67. The summed E-state index contributed by atoms with van der Waals surface area (Å²) in [6.07, 6.45) is 1.76. The first-order valence-electron chi connectivity index (χ1n) is 10.7. The lowest BCUT2D eigenvalue weighted by Gasteiger charge is -2.38. The Balaban J connectivity index is 1.54. The molecule has 1 amide bonds. The van der Waals surface area contributed by atoms with E-state index in [-0.39, 0.29) is 23.7 Å². The van der Waals surface area contributed by atoms with Crippen molar-refractivity contribution in [1.82, 2.24) is 24.2 Å². The molecule has 1 aliphatic rings. The third-order valence-electron chi connectivity index (χ3n) is 5.67. The smallest absolute Gasteiger partial charge is 0.410 e. The Morgan fingerprint density at radius 1 is 1.16 bits per heavy atom. The van der Waals surface area contributed by atoms with Crippen molar-refractivity contribution >= 4 is 17.1 Å². The molecule has 3 aromatic rings. The second kappa shape index (κ2) is 8.05. The highest BCUT2D eigenvalue weighted by Crippen LogP contribution is 2.27. The molecule has 170 valence electrons. The first-order valence-corrected chi connectivity index (χ1v) is 10.7. The number of nitrogens with zero attached hydrogens (tertiary/aromatic N) is 5. The lowest BCUT2D eigenvalue weighted by Crippen LogP contribution is -2.50. The molecule has 2 aromatic heterocycles. The van der Waals surface area contributed by atoms with Crippen molar-refractivity contribution in [2.45, 2.75) is 51.4 Å². The van der Waals surface area contributed by atoms with E-state index in [0.717, 1.165) is 11.3 Å². The van der Waals surface area contributed by atoms with Crippen molar-refractivity contribution in [3.8, 4) is 11.3 Å². The van der Waals surface area contributed by atoms with Gasteiger partial charge >= 0.3 is 6.09 Å². The number of benzene rings is 1. The summed E-state index contributed by atoms with van der Waals surface area (Å²) in [6.45, 7) is 6.27. The van der Waals surface area contributed by atoms with Crippen LogP contribution in [0.1, 0.15) is 33.6 Å². The molecule has 0 bridgehead atoms. The van der Waals surface area contributed by atoms with Gasteiger partial charge < -0.3 is 14.7 Å². The fourth-order valence-corrected chi connectivity index (χ4v) is 4.03. The molecule has 1 aromatic carbocycles. The number of amides is 1. The van der Waals surface area contributed by atoms with E-state index in [2.05, 4.69) is 10.1 Å². The monoisotopic (exact) mass is 439 g/mol. The average Bonchev–Trinajstić information content (AvgIpc) is 3.06. The quantitative estimate of drug-likeness (QED) is 0.673. The zero-order valence-corrected chi connectivity index (χ0v) is 18.9. The van der Waals surface area contributed by atoms with Gasteiger partial charge in [0.05, 0.1) is 24.2 Å². The summed E-state index contributed by atoms with van der Waals surface area (Å²) in [5, 5.41) is 15.5. The van der Waals surface area contributed by atoms with Crippen molar-refractivity contribution in [3.05, 3.63) is 47.0 Å². The SMILES string of the molecule is Cn1nc2c(=O)n(CC3(O)CCN(C(=O)OC(C)(C)C)CC3)cnc2c1-c1ccccc1. The van der Waals surface area contributed by atoms with Gasteiger partial charge in [-0.3, -0.25) is 14.0 Å². The van der Waals surface area contributed by atoms with Crippen molar-refractivity contribution in [2.75, 3.05) is 13.1 Å². The standard InChI is InChI=1S/C23H29N5O4/c1-22(2,3)32-21(30)27-12-10-23(31,11-13-27)14-28-15-24-17-18(20(28)29)25-26(4)19(17)16-8-6-5-7-9-16/h5-9,15,31H,10-14H2,1-4H3. The van der Waals surface area contributed by atoms with Crippen LogP contribution in [-0.2, 0) is 18.3 Å². The predicted molar refractivity (Wildman–Crippen MR) is 120 cm³/mol. The summed E-state index contributed by atoms with van der Waals surface area (Å²) in [5.74, 6) is 0. The Kier molecular flexibility index (Phi) is 5.54. The van der Waals surface area contributed by atoms with E-state index in [9.17, 15) is 14.7 Å². The first kappa shape index (κ1) is 22.0. The van der Waals surface area contributed by atoms with Gasteiger partial charge in [0.15, 0.2) is 5.52 Å². The minimum Gasteiger partial charge on any atom is -0.444 e. The minimum absolute atomic E-state index is 0.0914. The highest BCUT2D eigenvalue weighted by atomic mass is 16.6. The summed E-state index contributed by atoms with van der Waals surface area (Å²) < 4.78 is 8.48. The van der Waals surface area contributed by atoms with Crippen LogP contribution in [0.4, 0.5) is 4.79 Å². The van der Waals surface area contributed by atoms with Gasteiger partial charge in [-0.05, 0) is 33.6 Å². The predicted octanol–water partition coefficient (Wildman–Crippen LogP) is 2.56. The lowest BCUT2D eigenvalue weighted by molar-refractivity contribution is -0.0419. The zero-order chi connectivity index (χ0) is 23.1. The van der Waals surface area contributed by atoms with Gasteiger partial charge in [0.25, 0.3) is 5.56 Å². The van der Waals surface area contributed by atoms with Gasteiger partial charge in [-0.15, -0.1) is 0 Å². The van der Waals surface area contributed by atoms with Gasteiger partial charge in [0.2, 0.25) is 0 Å². The molecule has 1 N–H and O–H groups in total. The fraction of sp³-hybridized carbons (Fsp3) is 0.478. The topological polar surface area (TPSA) is 102 Å². The molecule has 0 radical (unpaired) electrons. The van der Waals surface area contributed by atoms with Gasteiger partial charge in [0.1, 0.15) is 11.1 Å². The number of ether oxygens (including phenoxy) is 1. The molecule has 0 aliphatic carbocycles. The molecule has 9 nitrogen and oxygen atoms in total. The Morgan fingerprint density at radius 2 is 1.81 bits per heavy atom. The maximum Gasteiger partial charge on any atom is 0.410 e. The number of aryl methyl sites for hydroxylation is 1. The van der Waals surface area contributed by atoms with Crippen LogP contribution >= 0.6 is 0 Å². The second-order valence-electron chi connectivity index (χ2n) is 9.40. The molecular weight excluding hydrogens is 410 g/mol. The van der Waals surface area contributed by atoms with E-state index in [1.54, 1.807) is 16.6 Å². The summed E-state index contributed by atoms with van der Waals surface area (Å²) in [6, 6.07) is 9.68. The number of carbonyl (C=O) groups excluding carboxylic acids is 1. The molecule has 1 aliphatic heterocycles. The number of hydrogen-bond acceptors (Lipinski definition) is 6. The van der Waals surface area contributed by atoms with Crippen LogP contribution in [0.2, 0.25) is 0 Å². The number of fused-ring (bicyclic) bond motifs is 1. The van der Waals surface area contributed by atoms with Crippen LogP contribution in [0.3, 0.4) is 0 Å². The number of carbonyl (C=O) groups is 1. The van der Waals surface area contributed by atoms with Gasteiger partial charge in [0, 0.05) is 25.7 Å². The molecule has 0 atom stereocenters. The fourth-order valence-electron chi connectivity index (χ4n) is 4.03. The molecule has 32 heavy (non-hydrogen) atoms. The minimum atomic E-state index is -1.12. The average molecular weight is 440 g/mol. The summed E-state index contributed by atoms with van der Waals surface area (Å²) in [7, 11) is 1.79. The van der Waals surface area contributed by atoms with E-state index in [1.807, 2.05) is 51.1 Å². The molecule has 0 spiro atoms. The van der Waals surface area contributed by atoms with Crippen molar-refractivity contribution in [2.24, 2.45) is 7.05 Å². The molecule has 0 unspecified atom stereocenters. The number of piperidine rings is 1. The number of hydrogen-bond donors (Lipinski definition) is 1. The van der Waals surface area contributed by atoms with Crippen LogP contribution in [0.15, 0.2) is 41.5 Å². The Bertz CT molecular complexity index is 1180. The first-order chi connectivity index (χ1) is 15.1. The number of likely N-dealkylation sites (tertiary alicyclic amines) is 1. The largest absolute Gasteiger partial charge is 0.444 e. The number of aromatic nitrogens is 4. The number of aliphatic hydroxyl groups is 1. The number of rotatable bonds is 3. The Hall–Kier alpha value is -3.20. The molecule has 1 fully saturated rings. The summed E-state index contributed by atoms with van der Waals surface area (Å²) in [4.78, 5) is 31.5. The van der Waals surface area contributed by atoms with Gasteiger partial charge in [-0.1, -0.05) is 30.3 Å². The van der Waals surface area contributed by atoms with Crippen LogP contribution in [0, 0.1) is 0 Å². The van der Waals surface area contributed by atoms with E-state index in [0.29, 0.717) is 31.4 Å². The third kappa shape index (κ3) is 4.38. The normalized spacial score (nSPS) is 16.3. The van der Waals surface area contributed by atoms with Crippen LogP contribution in [0.5, 0.6) is 0 Å². The van der Waals surface area contributed by atoms with Crippen molar-refractivity contribution < 1.29 is 14.6 Å². The summed E-state index contributed by atoms with van der Waals surface area (Å²) in [5.41, 5.74) is 0.519. The van der Waals surface area contributed by atoms with E-state index in [4.69, 9.17) is 4.74 Å².